The number of anilines is 1. The number of fused-ring (bicyclic) bond motifs is 1. The summed E-state index contributed by atoms with van der Waals surface area (Å²) in [5.41, 5.74) is 2.28. The number of rotatable bonds is 9. The Hall–Kier alpha value is -2.69. The molecule has 37 heavy (non-hydrogen) atoms. The molecule has 2 aromatic heterocycles. The first-order valence-corrected chi connectivity index (χ1v) is 13.7. The van der Waals surface area contributed by atoms with Crippen LogP contribution in [-0.4, -0.2) is 79.9 Å². The molecule has 0 spiro atoms. The molecule has 3 heterocycles. The minimum atomic E-state index is -0.869. The molecule has 1 aliphatic rings. The summed E-state index contributed by atoms with van der Waals surface area (Å²) in [6.07, 6.45) is 0.601. The number of aromatic nitrogens is 3. The molecule has 1 saturated heterocycles. The third-order valence-electron chi connectivity index (χ3n) is 6.75. The highest BCUT2D eigenvalue weighted by Gasteiger charge is 2.29. The van der Waals surface area contributed by atoms with Crippen LogP contribution in [0, 0.1) is 0 Å². The first kappa shape index (κ1) is 27.3. The van der Waals surface area contributed by atoms with Crippen LogP contribution in [0.15, 0.2) is 47.1 Å². The van der Waals surface area contributed by atoms with Crippen LogP contribution < -0.4 is 5.32 Å². The fourth-order valence-electron chi connectivity index (χ4n) is 4.84. The van der Waals surface area contributed by atoms with Gasteiger partial charge in [0.15, 0.2) is 6.23 Å². The van der Waals surface area contributed by atoms with Crippen LogP contribution in [0.25, 0.3) is 11.0 Å². The zero-order valence-electron chi connectivity index (χ0n) is 22.0. The number of piperidine rings is 1. The molecule has 4 rings (SSSR count). The van der Waals surface area contributed by atoms with Crippen LogP contribution in [0.4, 0.5) is 10.7 Å². The van der Waals surface area contributed by atoms with Crippen molar-refractivity contribution in [1.29, 1.82) is 0 Å². The monoisotopic (exact) mass is 572 g/mol. The van der Waals surface area contributed by atoms with Gasteiger partial charge in [0.1, 0.15) is 4.60 Å². The minimum Gasteiger partial charge on any atom is -0.465 e. The summed E-state index contributed by atoms with van der Waals surface area (Å²) in [5.74, 6) is 0.768. The molecule has 1 aliphatic heterocycles. The number of nitrogens with zero attached hydrogens (tertiary/aromatic N) is 5. The van der Waals surface area contributed by atoms with Crippen LogP contribution in [0.3, 0.4) is 0 Å². The highest BCUT2D eigenvalue weighted by Crippen LogP contribution is 2.31. The number of halogens is 1. The minimum absolute atomic E-state index is 0.253. The number of benzene rings is 1. The predicted octanol–water partition coefficient (Wildman–Crippen LogP) is 5.43. The number of hydrogen-bond acceptors (Lipinski definition) is 6. The van der Waals surface area contributed by atoms with Gasteiger partial charge in [-0.15, -0.1) is 0 Å². The van der Waals surface area contributed by atoms with Gasteiger partial charge < -0.3 is 25.0 Å². The Bertz CT molecular complexity index is 1200. The van der Waals surface area contributed by atoms with Crippen LogP contribution in [0.5, 0.6) is 0 Å². The number of carbonyl (C=O) groups is 1. The van der Waals surface area contributed by atoms with Gasteiger partial charge >= 0.3 is 6.09 Å². The van der Waals surface area contributed by atoms with Crippen molar-refractivity contribution in [2.24, 2.45) is 0 Å². The van der Waals surface area contributed by atoms with Crippen molar-refractivity contribution in [3.63, 3.8) is 0 Å². The smallest absolute Gasteiger partial charge is 0.407 e. The van der Waals surface area contributed by atoms with Gasteiger partial charge in [0.2, 0.25) is 5.95 Å². The normalized spacial score (nSPS) is 16.1. The molecule has 1 amide bonds. The Kier molecular flexibility index (Phi) is 8.71. The fourth-order valence-corrected chi connectivity index (χ4v) is 5.20. The van der Waals surface area contributed by atoms with Gasteiger partial charge in [0.25, 0.3) is 0 Å². The molecular formula is C27H37BrN6O3. The fraction of sp³-hybridized carbons (Fsp3) is 0.519. The Labute approximate surface area is 227 Å². The molecule has 1 aromatic carbocycles. The molecule has 0 saturated carbocycles. The van der Waals surface area contributed by atoms with Gasteiger partial charge in [0, 0.05) is 44.4 Å². The van der Waals surface area contributed by atoms with E-state index >= 15 is 0 Å². The number of ether oxygens (including phenoxy) is 1. The van der Waals surface area contributed by atoms with Crippen molar-refractivity contribution in [1.82, 2.24) is 24.3 Å². The first-order valence-electron chi connectivity index (χ1n) is 12.9. The summed E-state index contributed by atoms with van der Waals surface area (Å²) < 4.78 is 9.09. The predicted molar refractivity (Wildman–Crippen MR) is 149 cm³/mol. The molecule has 0 aliphatic carbocycles. The van der Waals surface area contributed by atoms with Crippen molar-refractivity contribution >= 4 is 39.0 Å². The number of imidazole rings is 1. The van der Waals surface area contributed by atoms with Gasteiger partial charge in [-0.1, -0.05) is 18.2 Å². The number of likely N-dealkylation sites (tertiary alicyclic amines) is 1. The van der Waals surface area contributed by atoms with E-state index in [1.54, 1.807) is 0 Å². The van der Waals surface area contributed by atoms with E-state index in [1.165, 1.54) is 4.90 Å². The number of para-hydroxylation sites is 2. The second-order valence-electron chi connectivity index (χ2n) is 10.4. The molecule has 2 N–H and O–H groups in total. The summed E-state index contributed by atoms with van der Waals surface area (Å²) in [6, 6.07) is 14.2. The van der Waals surface area contributed by atoms with E-state index < -0.39 is 17.9 Å². The Morgan fingerprint density at radius 1 is 1.19 bits per heavy atom. The highest BCUT2D eigenvalue weighted by molar-refractivity contribution is 9.10. The van der Waals surface area contributed by atoms with Crippen molar-refractivity contribution in [3.05, 3.63) is 52.8 Å². The average molecular weight is 574 g/mol. The third-order valence-corrected chi connectivity index (χ3v) is 7.19. The molecule has 9 nitrogen and oxygen atoms in total. The van der Waals surface area contributed by atoms with E-state index in [1.807, 2.05) is 64.1 Å². The first-order chi connectivity index (χ1) is 17.7. The summed E-state index contributed by atoms with van der Waals surface area (Å²) in [4.78, 5) is 25.1. The Morgan fingerprint density at radius 3 is 2.57 bits per heavy atom. The maximum Gasteiger partial charge on any atom is 0.407 e. The summed E-state index contributed by atoms with van der Waals surface area (Å²) in [7, 11) is 0. The van der Waals surface area contributed by atoms with E-state index in [9.17, 15) is 9.90 Å². The molecule has 200 valence electrons. The summed E-state index contributed by atoms with van der Waals surface area (Å²) in [6.45, 7) is 11.4. The number of nitrogens with one attached hydrogen (secondary N) is 1. The quantitative estimate of drug-likeness (QED) is 0.330. The molecule has 0 bridgehead atoms. The van der Waals surface area contributed by atoms with E-state index in [4.69, 9.17) is 9.72 Å². The molecule has 3 aromatic rings. The topological polar surface area (TPSA) is 95.8 Å². The van der Waals surface area contributed by atoms with Crippen LogP contribution in [-0.2, 0) is 4.74 Å². The largest absolute Gasteiger partial charge is 0.465 e. The van der Waals surface area contributed by atoms with Crippen LogP contribution in [0.2, 0.25) is 0 Å². The number of hydrogen-bond donors (Lipinski definition) is 2. The molecule has 10 heteroatoms. The van der Waals surface area contributed by atoms with Gasteiger partial charge in [-0.25, -0.2) is 14.8 Å². The second kappa shape index (κ2) is 11.8. The van der Waals surface area contributed by atoms with Crippen molar-refractivity contribution in [2.75, 3.05) is 38.1 Å². The zero-order valence-corrected chi connectivity index (χ0v) is 23.6. The molecule has 1 unspecified atom stereocenters. The van der Waals surface area contributed by atoms with Gasteiger partial charge in [0.05, 0.1) is 16.7 Å². The summed E-state index contributed by atoms with van der Waals surface area (Å²) in [5, 5.41) is 13.3. The number of amides is 1. The molecular weight excluding hydrogens is 536 g/mol. The SMILES string of the molecule is CCOC(c1cccc(Br)n1)n1c(NC2CCN(CCN(C(=O)O)C(C)(C)C)CC2)nc2ccccc21. The summed E-state index contributed by atoms with van der Waals surface area (Å²) >= 11 is 3.49. The lowest BCUT2D eigenvalue weighted by Gasteiger charge is -2.37. The van der Waals surface area contributed by atoms with Gasteiger partial charge in [-0.3, -0.25) is 4.57 Å². The van der Waals surface area contributed by atoms with Gasteiger partial charge in [-0.05, 0) is 80.7 Å². The van der Waals surface area contributed by atoms with E-state index in [0.29, 0.717) is 13.2 Å². The Balaban J connectivity index is 1.49. The second-order valence-corrected chi connectivity index (χ2v) is 11.2. The lowest BCUT2D eigenvalue weighted by Crippen LogP contribution is -2.49. The molecule has 1 fully saturated rings. The van der Waals surface area contributed by atoms with E-state index in [-0.39, 0.29) is 6.04 Å². The molecule has 0 radical (unpaired) electrons. The number of pyridine rings is 1. The van der Waals surface area contributed by atoms with Crippen LogP contribution in [0.1, 0.15) is 52.5 Å². The highest BCUT2D eigenvalue weighted by atomic mass is 79.9. The van der Waals surface area contributed by atoms with Crippen molar-refractivity contribution in [3.8, 4) is 0 Å². The molecule has 1 atom stereocenters. The average Bonchev–Trinajstić information content (AvgIpc) is 3.20. The number of carboxylic acid groups (broad SMARTS) is 1. The standard InChI is InChI=1S/C27H37BrN6O3/c1-5-37-24(21-10-8-12-23(28)30-21)34-22-11-7-6-9-20(22)31-25(34)29-19-13-15-32(16-14-19)17-18-33(26(35)36)27(2,3)4/h6-12,19,24H,5,13-18H2,1-4H3,(H,29,31)(H,35,36). The van der Waals surface area contributed by atoms with Gasteiger partial charge in [-0.2, -0.15) is 0 Å². The van der Waals surface area contributed by atoms with Crippen LogP contribution >= 0.6 is 15.9 Å². The third kappa shape index (κ3) is 6.61. The lowest BCUT2D eigenvalue weighted by molar-refractivity contribution is 0.0419. The van der Waals surface area contributed by atoms with Crippen molar-refractivity contribution < 1.29 is 14.6 Å². The zero-order chi connectivity index (χ0) is 26.6. The van der Waals surface area contributed by atoms with E-state index in [2.05, 4.69) is 41.8 Å². The van der Waals surface area contributed by atoms with Crippen molar-refractivity contribution in [2.45, 2.75) is 58.3 Å². The Morgan fingerprint density at radius 2 is 1.92 bits per heavy atom. The maximum atomic E-state index is 11.7. The maximum absolute atomic E-state index is 11.7. The lowest BCUT2D eigenvalue weighted by atomic mass is 10.0. The van der Waals surface area contributed by atoms with E-state index in [0.717, 1.165) is 59.8 Å².